The van der Waals surface area contributed by atoms with Crippen LogP contribution in [0.4, 0.5) is 5.69 Å². The Balaban J connectivity index is 1.69. The molecule has 2 heterocycles. The normalized spacial score (nSPS) is 22.0. The number of ether oxygens (including phenoxy) is 1. The van der Waals surface area contributed by atoms with Gasteiger partial charge in [0.15, 0.2) is 0 Å². The van der Waals surface area contributed by atoms with Crippen LogP contribution in [-0.2, 0) is 16.8 Å². The number of likely N-dealkylation sites (N-methyl/N-ethyl adjacent to an activating group) is 1. The van der Waals surface area contributed by atoms with Crippen molar-refractivity contribution >= 4 is 11.8 Å². The van der Waals surface area contributed by atoms with Gasteiger partial charge in [-0.3, -0.25) is 0 Å². The lowest BCUT2D eigenvalue weighted by Crippen LogP contribution is -2.29. The summed E-state index contributed by atoms with van der Waals surface area (Å²) in [4.78, 5) is 5.70. The minimum Gasteiger partial charge on any atom is -0.483 e. The standard InChI is InChI=1S/C26H23N3O/c1-26(22-7-5-4-6-8-22)17-21(24(18-27)28-2)16-23(30-26)11-9-19-10-12-25-20(15-19)13-14-29(25)3/h4-12,15-16H,13-14,17H2,1,3H3/b11-9+,24-21+. The van der Waals surface area contributed by atoms with Crippen LogP contribution < -0.4 is 4.90 Å². The number of nitrogens with zero attached hydrogens (tertiary/aromatic N) is 3. The van der Waals surface area contributed by atoms with E-state index >= 15 is 0 Å². The van der Waals surface area contributed by atoms with E-state index in [9.17, 15) is 5.26 Å². The number of anilines is 1. The molecule has 0 aliphatic carbocycles. The summed E-state index contributed by atoms with van der Waals surface area (Å²) in [5.41, 5.74) is 4.96. The molecule has 2 aliphatic rings. The molecular weight excluding hydrogens is 370 g/mol. The molecule has 30 heavy (non-hydrogen) atoms. The molecule has 0 aromatic heterocycles. The number of rotatable bonds is 3. The molecule has 1 atom stereocenters. The third-order valence-corrected chi connectivity index (χ3v) is 5.77. The first-order valence-electron chi connectivity index (χ1n) is 10.0. The fraction of sp³-hybridized carbons (Fsp3) is 0.231. The predicted molar refractivity (Wildman–Crippen MR) is 119 cm³/mol. The molecule has 2 aromatic rings. The highest BCUT2D eigenvalue weighted by Gasteiger charge is 2.34. The van der Waals surface area contributed by atoms with Crippen molar-refractivity contribution < 1.29 is 4.74 Å². The van der Waals surface area contributed by atoms with Gasteiger partial charge in [-0.15, -0.1) is 0 Å². The molecule has 0 spiro atoms. The summed E-state index contributed by atoms with van der Waals surface area (Å²) in [6.07, 6.45) is 7.31. The third kappa shape index (κ3) is 3.73. The zero-order valence-electron chi connectivity index (χ0n) is 17.2. The number of hydrogen-bond acceptors (Lipinski definition) is 3. The summed E-state index contributed by atoms with van der Waals surface area (Å²) < 4.78 is 6.38. The maximum absolute atomic E-state index is 9.41. The van der Waals surface area contributed by atoms with Crippen LogP contribution in [0.2, 0.25) is 0 Å². The van der Waals surface area contributed by atoms with Crippen LogP contribution >= 0.6 is 0 Å². The molecule has 2 aromatic carbocycles. The van der Waals surface area contributed by atoms with Crippen molar-refractivity contribution in [3.63, 3.8) is 0 Å². The molecule has 0 amide bonds. The third-order valence-electron chi connectivity index (χ3n) is 5.77. The molecule has 4 nitrogen and oxygen atoms in total. The minimum atomic E-state index is -0.640. The number of nitriles is 1. The van der Waals surface area contributed by atoms with E-state index < -0.39 is 5.60 Å². The molecule has 0 bridgehead atoms. The van der Waals surface area contributed by atoms with Gasteiger partial charge in [-0.25, -0.2) is 10.1 Å². The zero-order valence-corrected chi connectivity index (χ0v) is 17.2. The Bertz CT molecular complexity index is 1130. The SMILES string of the molecule is [C-]#[N+]/C(C#N)=C1C=C(/C=C/c2ccc3c(c2)CCN3C)OC(C)(c2ccccc2)C\1. The number of allylic oxidation sites excluding steroid dienone is 3. The molecule has 0 saturated carbocycles. The lowest BCUT2D eigenvalue weighted by atomic mass is 9.85. The van der Waals surface area contributed by atoms with E-state index in [4.69, 9.17) is 11.3 Å². The van der Waals surface area contributed by atoms with Gasteiger partial charge >= 0.3 is 0 Å². The second-order valence-electron chi connectivity index (χ2n) is 7.91. The molecule has 0 N–H and O–H groups in total. The number of fused-ring (bicyclic) bond motifs is 1. The molecule has 148 valence electrons. The Morgan fingerprint density at radius 1 is 1.23 bits per heavy atom. The summed E-state index contributed by atoms with van der Waals surface area (Å²) in [7, 11) is 2.12. The quantitative estimate of drug-likeness (QED) is 0.503. The highest BCUT2D eigenvalue weighted by Crippen LogP contribution is 2.40. The van der Waals surface area contributed by atoms with Gasteiger partial charge in [0.25, 0.3) is 5.70 Å². The first-order chi connectivity index (χ1) is 14.5. The van der Waals surface area contributed by atoms with Crippen LogP contribution in [0.25, 0.3) is 10.9 Å². The van der Waals surface area contributed by atoms with Crippen molar-refractivity contribution in [1.82, 2.24) is 0 Å². The van der Waals surface area contributed by atoms with Crippen LogP contribution in [0, 0.1) is 17.9 Å². The van der Waals surface area contributed by atoms with E-state index in [-0.39, 0.29) is 5.70 Å². The maximum Gasteiger partial charge on any atom is 0.265 e. The van der Waals surface area contributed by atoms with Gasteiger partial charge in [0.1, 0.15) is 11.4 Å². The number of hydrogen-bond donors (Lipinski definition) is 0. The summed E-state index contributed by atoms with van der Waals surface area (Å²) in [5.74, 6) is 0.650. The van der Waals surface area contributed by atoms with Crippen molar-refractivity contribution in [2.45, 2.75) is 25.4 Å². The van der Waals surface area contributed by atoms with Gasteiger partial charge in [0.2, 0.25) is 0 Å². The highest BCUT2D eigenvalue weighted by atomic mass is 16.5. The Morgan fingerprint density at radius 2 is 2.03 bits per heavy atom. The van der Waals surface area contributed by atoms with Gasteiger partial charge in [-0.05, 0) is 59.9 Å². The van der Waals surface area contributed by atoms with Crippen molar-refractivity contribution in [2.75, 3.05) is 18.5 Å². The fourth-order valence-electron chi connectivity index (χ4n) is 4.14. The minimum absolute atomic E-state index is 0.118. The molecule has 4 rings (SSSR count). The molecule has 1 unspecified atom stereocenters. The fourth-order valence-corrected chi connectivity index (χ4v) is 4.14. The second-order valence-corrected chi connectivity index (χ2v) is 7.91. The van der Waals surface area contributed by atoms with Crippen LogP contribution in [0.1, 0.15) is 30.0 Å². The topological polar surface area (TPSA) is 40.6 Å². The lowest BCUT2D eigenvalue weighted by Gasteiger charge is -2.36. The molecule has 0 saturated heterocycles. The smallest absolute Gasteiger partial charge is 0.265 e. The van der Waals surface area contributed by atoms with E-state index in [1.165, 1.54) is 11.3 Å². The van der Waals surface area contributed by atoms with Crippen molar-refractivity contribution in [3.8, 4) is 6.07 Å². The predicted octanol–water partition coefficient (Wildman–Crippen LogP) is 5.61. The van der Waals surface area contributed by atoms with Gasteiger partial charge in [0.05, 0.1) is 12.6 Å². The van der Waals surface area contributed by atoms with Crippen LogP contribution in [-0.4, -0.2) is 13.6 Å². The van der Waals surface area contributed by atoms with E-state index in [1.807, 2.05) is 61.6 Å². The van der Waals surface area contributed by atoms with Gasteiger partial charge < -0.3 is 9.64 Å². The van der Waals surface area contributed by atoms with Crippen molar-refractivity contribution in [1.29, 1.82) is 5.26 Å². The molecule has 0 radical (unpaired) electrons. The van der Waals surface area contributed by atoms with E-state index in [0.717, 1.165) is 24.1 Å². The summed E-state index contributed by atoms with van der Waals surface area (Å²) in [5, 5.41) is 9.41. The average molecular weight is 393 g/mol. The first-order valence-corrected chi connectivity index (χ1v) is 10.0. The summed E-state index contributed by atoms with van der Waals surface area (Å²) in [6, 6.07) is 18.5. The summed E-state index contributed by atoms with van der Waals surface area (Å²) >= 11 is 0. The second kappa shape index (κ2) is 7.93. The van der Waals surface area contributed by atoms with E-state index in [2.05, 4.69) is 35.0 Å². The molecule has 4 heteroatoms. The Labute approximate surface area is 177 Å². The van der Waals surface area contributed by atoms with Crippen LogP contribution in [0.3, 0.4) is 0 Å². The van der Waals surface area contributed by atoms with Crippen molar-refractivity contribution in [3.05, 3.63) is 106 Å². The van der Waals surface area contributed by atoms with Crippen LogP contribution in [0.15, 0.2) is 77.7 Å². The van der Waals surface area contributed by atoms with Gasteiger partial charge in [-0.1, -0.05) is 42.5 Å². The Kier molecular flexibility index (Phi) is 5.17. The molecular formula is C26H23N3O. The van der Waals surface area contributed by atoms with E-state index in [1.54, 1.807) is 0 Å². The zero-order chi connectivity index (χ0) is 21.1. The Hall–Kier alpha value is -3.76. The van der Waals surface area contributed by atoms with Gasteiger partial charge in [-0.2, -0.15) is 0 Å². The first kappa shape index (κ1) is 19.6. The monoisotopic (exact) mass is 393 g/mol. The van der Waals surface area contributed by atoms with Crippen molar-refractivity contribution in [2.24, 2.45) is 0 Å². The average Bonchev–Trinajstić information content (AvgIpc) is 3.14. The van der Waals surface area contributed by atoms with Gasteiger partial charge in [0, 0.05) is 25.7 Å². The van der Waals surface area contributed by atoms with Crippen LogP contribution in [0.5, 0.6) is 0 Å². The number of benzene rings is 2. The summed E-state index contributed by atoms with van der Waals surface area (Å²) in [6.45, 7) is 10.4. The largest absolute Gasteiger partial charge is 0.483 e. The maximum atomic E-state index is 9.41. The molecule has 2 aliphatic heterocycles. The molecule has 0 fully saturated rings. The van der Waals surface area contributed by atoms with E-state index in [0.29, 0.717) is 17.8 Å². The Morgan fingerprint density at radius 3 is 2.77 bits per heavy atom. The highest BCUT2D eigenvalue weighted by molar-refractivity contribution is 5.64. The lowest BCUT2D eigenvalue weighted by molar-refractivity contribution is 0.0143.